The zero-order valence-corrected chi connectivity index (χ0v) is 15.1. The molecular formula is C15H14ClN3O6S. The van der Waals surface area contributed by atoms with Crippen LogP contribution in [0, 0.1) is 0 Å². The molecule has 2 aromatic rings. The Bertz CT molecular complexity index is 797. The Labute approximate surface area is 157 Å². The van der Waals surface area contributed by atoms with Crippen molar-refractivity contribution in [2.75, 3.05) is 19.0 Å². The first kappa shape index (κ1) is 19.7. The number of amides is 2. The third kappa shape index (κ3) is 6.05. The largest absolute Gasteiger partial charge is 0.455 e. The number of benzene rings is 1. The number of alkyl carbamates (subject to hydrolysis) is 1. The number of rotatable bonds is 7. The molecular weight excluding hydrogens is 386 g/mol. The number of nitrogens with one attached hydrogen (secondary N) is 1. The van der Waals surface area contributed by atoms with Gasteiger partial charge in [0, 0.05) is 0 Å². The number of carbonyl (C=O) groups excluding carboxylic acids is 3. The van der Waals surface area contributed by atoms with E-state index in [1.54, 1.807) is 31.2 Å². The van der Waals surface area contributed by atoms with E-state index in [4.69, 9.17) is 20.8 Å². The monoisotopic (exact) mass is 399 g/mol. The summed E-state index contributed by atoms with van der Waals surface area (Å²) in [7, 11) is 0. The minimum Gasteiger partial charge on any atom is -0.455 e. The molecule has 2 amide bonds. The van der Waals surface area contributed by atoms with Gasteiger partial charge in [-0.1, -0.05) is 35.5 Å². The van der Waals surface area contributed by atoms with E-state index in [9.17, 15) is 14.4 Å². The Morgan fingerprint density at radius 3 is 2.73 bits per heavy atom. The standard InChI is InChI=1S/C15H14ClN3O6S/c1-2-23-14(22)17-11(20)7-24-12(21)8-26-15-19-18-13(25-15)9-5-3-4-6-10(9)16/h3-6H,2,7-8H2,1H3,(H,17,20,22). The fourth-order valence-corrected chi connectivity index (χ4v) is 2.41. The second kappa shape index (κ2) is 9.78. The molecule has 1 heterocycles. The van der Waals surface area contributed by atoms with Gasteiger partial charge < -0.3 is 13.9 Å². The van der Waals surface area contributed by atoms with Crippen molar-refractivity contribution < 1.29 is 28.3 Å². The normalized spacial score (nSPS) is 10.2. The summed E-state index contributed by atoms with van der Waals surface area (Å²) in [5, 5.41) is 10.2. The number of esters is 1. The molecule has 0 aliphatic heterocycles. The van der Waals surface area contributed by atoms with E-state index >= 15 is 0 Å². The maximum absolute atomic E-state index is 11.6. The lowest BCUT2D eigenvalue weighted by molar-refractivity contribution is -0.145. The minimum absolute atomic E-state index is 0.121. The Balaban J connectivity index is 1.77. The number of hydrogen-bond donors (Lipinski definition) is 1. The van der Waals surface area contributed by atoms with Gasteiger partial charge in [0.1, 0.15) is 5.75 Å². The predicted octanol–water partition coefficient (Wildman–Crippen LogP) is 2.30. The van der Waals surface area contributed by atoms with Crippen LogP contribution in [-0.4, -0.2) is 47.1 Å². The average molecular weight is 400 g/mol. The summed E-state index contributed by atoms with van der Waals surface area (Å²) in [6, 6.07) is 6.95. The van der Waals surface area contributed by atoms with Gasteiger partial charge in [-0.05, 0) is 19.1 Å². The van der Waals surface area contributed by atoms with Gasteiger partial charge in [0.2, 0.25) is 5.89 Å². The molecule has 0 atom stereocenters. The van der Waals surface area contributed by atoms with Crippen molar-refractivity contribution in [3.63, 3.8) is 0 Å². The van der Waals surface area contributed by atoms with E-state index in [0.717, 1.165) is 11.8 Å². The molecule has 2 rings (SSSR count). The smallest absolute Gasteiger partial charge is 0.413 e. The first-order valence-corrected chi connectivity index (χ1v) is 8.69. The van der Waals surface area contributed by atoms with Gasteiger partial charge in [0.25, 0.3) is 11.1 Å². The Morgan fingerprint density at radius 2 is 2.00 bits per heavy atom. The van der Waals surface area contributed by atoms with Crippen molar-refractivity contribution in [3.8, 4) is 11.5 Å². The van der Waals surface area contributed by atoms with E-state index in [2.05, 4.69) is 14.9 Å². The molecule has 1 aromatic heterocycles. The summed E-state index contributed by atoms with van der Waals surface area (Å²) in [5.74, 6) is -1.41. The second-order valence-corrected chi connectivity index (χ2v) is 5.90. The van der Waals surface area contributed by atoms with Crippen LogP contribution in [0.15, 0.2) is 33.9 Å². The highest BCUT2D eigenvalue weighted by molar-refractivity contribution is 7.99. The number of imide groups is 1. The minimum atomic E-state index is -0.902. The molecule has 0 bridgehead atoms. The Kier molecular flexibility index (Phi) is 7.42. The zero-order valence-electron chi connectivity index (χ0n) is 13.6. The van der Waals surface area contributed by atoms with Crippen LogP contribution in [0.3, 0.4) is 0 Å². The Hall–Kier alpha value is -2.59. The first-order valence-electron chi connectivity index (χ1n) is 7.33. The molecule has 1 N–H and O–H groups in total. The molecule has 0 spiro atoms. The Morgan fingerprint density at radius 1 is 1.23 bits per heavy atom. The predicted molar refractivity (Wildman–Crippen MR) is 91.6 cm³/mol. The lowest BCUT2D eigenvalue weighted by Gasteiger charge is -2.04. The van der Waals surface area contributed by atoms with Crippen molar-refractivity contribution >= 4 is 41.3 Å². The van der Waals surface area contributed by atoms with Crippen molar-refractivity contribution in [2.45, 2.75) is 12.1 Å². The van der Waals surface area contributed by atoms with Gasteiger partial charge in [0.15, 0.2) is 6.61 Å². The fraction of sp³-hybridized carbons (Fsp3) is 0.267. The van der Waals surface area contributed by atoms with Crippen molar-refractivity contribution in [2.24, 2.45) is 0 Å². The highest BCUT2D eigenvalue weighted by Gasteiger charge is 2.15. The molecule has 26 heavy (non-hydrogen) atoms. The number of carbonyl (C=O) groups is 3. The summed E-state index contributed by atoms with van der Waals surface area (Å²) in [6.07, 6.45) is -0.902. The molecule has 9 nitrogen and oxygen atoms in total. The summed E-state index contributed by atoms with van der Waals surface area (Å²) < 4.78 is 14.7. The van der Waals surface area contributed by atoms with Crippen molar-refractivity contribution in [1.82, 2.24) is 15.5 Å². The number of nitrogens with zero attached hydrogens (tertiary/aromatic N) is 2. The summed E-state index contributed by atoms with van der Waals surface area (Å²) in [5.41, 5.74) is 0.576. The van der Waals surface area contributed by atoms with E-state index < -0.39 is 24.6 Å². The fourth-order valence-electron chi connectivity index (χ4n) is 1.64. The van der Waals surface area contributed by atoms with Gasteiger partial charge in [-0.2, -0.15) is 0 Å². The number of halogens is 1. The van der Waals surface area contributed by atoms with E-state index in [1.165, 1.54) is 0 Å². The highest BCUT2D eigenvalue weighted by Crippen LogP contribution is 2.28. The average Bonchev–Trinajstić information content (AvgIpc) is 3.07. The van der Waals surface area contributed by atoms with Gasteiger partial charge in [-0.3, -0.25) is 14.9 Å². The third-order valence-corrected chi connectivity index (χ3v) is 3.83. The molecule has 0 fully saturated rings. The summed E-state index contributed by atoms with van der Waals surface area (Å²) in [4.78, 5) is 34.0. The molecule has 138 valence electrons. The van der Waals surface area contributed by atoms with Gasteiger partial charge >= 0.3 is 12.1 Å². The van der Waals surface area contributed by atoms with E-state index in [0.29, 0.717) is 10.6 Å². The molecule has 1 aromatic carbocycles. The van der Waals surface area contributed by atoms with E-state index in [-0.39, 0.29) is 23.5 Å². The lowest BCUT2D eigenvalue weighted by atomic mass is 10.2. The second-order valence-electron chi connectivity index (χ2n) is 4.57. The summed E-state index contributed by atoms with van der Waals surface area (Å²) in [6.45, 7) is 1.11. The SMILES string of the molecule is CCOC(=O)NC(=O)COC(=O)CSc1nnc(-c2ccccc2Cl)o1. The van der Waals surface area contributed by atoms with Crippen LogP contribution < -0.4 is 5.32 Å². The van der Waals surface area contributed by atoms with E-state index in [1.807, 2.05) is 5.32 Å². The molecule has 0 saturated heterocycles. The topological polar surface area (TPSA) is 121 Å². The third-order valence-electron chi connectivity index (χ3n) is 2.71. The van der Waals surface area contributed by atoms with Gasteiger partial charge in [-0.15, -0.1) is 10.2 Å². The van der Waals surface area contributed by atoms with Crippen molar-refractivity contribution in [1.29, 1.82) is 0 Å². The van der Waals surface area contributed by atoms with Crippen molar-refractivity contribution in [3.05, 3.63) is 29.3 Å². The summed E-state index contributed by atoms with van der Waals surface area (Å²) >= 11 is 6.99. The van der Waals surface area contributed by atoms with Crippen LogP contribution >= 0.6 is 23.4 Å². The maximum Gasteiger partial charge on any atom is 0.413 e. The number of thioether (sulfide) groups is 1. The molecule has 0 radical (unpaired) electrons. The zero-order chi connectivity index (χ0) is 18.9. The molecule has 0 aliphatic carbocycles. The van der Waals surface area contributed by atoms with Crippen LogP contribution in [0.25, 0.3) is 11.5 Å². The van der Waals surface area contributed by atoms with Crippen LogP contribution in [-0.2, 0) is 19.1 Å². The quantitative estimate of drug-likeness (QED) is 0.552. The van der Waals surface area contributed by atoms with Crippen LogP contribution in [0.2, 0.25) is 5.02 Å². The number of aromatic nitrogens is 2. The van der Waals surface area contributed by atoms with Crippen LogP contribution in [0.5, 0.6) is 0 Å². The first-order chi connectivity index (χ1) is 12.5. The molecule has 11 heteroatoms. The van der Waals surface area contributed by atoms with Gasteiger partial charge in [-0.25, -0.2) is 4.79 Å². The number of ether oxygens (including phenoxy) is 2. The molecule has 0 aliphatic rings. The van der Waals surface area contributed by atoms with Gasteiger partial charge in [0.05, 0.1) is 17.2 Å². The molecule has 0 unspecified atom stereocenters. The van der Waals surface area contributed by atoms with Crippen LogP contribution in [0.4, 0.5) is 4.79 Å². The highest BCUT2D eigenvalue weighted by atomic mass is 35.5. The molecule has 0 saturated carbocycles. The lowest BCUT2D eigenvalue weighted by Crippen LogP contribution is -2.34. The maximum atomic E-state index is 11.6. The van der Waals surface area contributed by atoms with Crippen LogP contribution in [0.1, 0.15) is 6.92 Å². The number of hydrogen-bond acceptors (Lipinski definition) is 9.